The number of aromatic hydroxyl groups is 1. The Morgan fingerprint density at radius 3 is 2.42 bits per heavy atom. The minimum absolute atomic E-state index is 0.180. The summed E-state index contributed by atoms with van der Waals surface area (Å²) in [6.45, 7) is 6.55. The van der Waals surface area contributed by atoms with Crippen molar-refractivity contribution in [3.63, 3.8) is 0 Å². The molecule has 0 atom stereocenters. The highest BCUT2D eigenvalue weighted by molar-refractivity contribution is 5.95. The lowest BCUT2D eigenvalue weighted by molar-refractivity contribution is -0.117. The van der Waals surface area contributed by atoms with Crippen LogP contribution in [0, 0.1) is 0 Å². The summed E-state index contributed by atoms with van der Waals surface area (Å²) in [4.78, 5) is 16.1. The molecular formula is C26H35N3O4. The number of hydrogen-bond acceptors (Lipinski definition) is 6. The van der Waals surface area contributed by atoms with Crippen LogP contribution in [0.1, 0.15) is 37.2 Å². The number of nitrogens with zero attached hydrogens (tertiary/aromatic N) is 2. The first kappa shape index (κ1) is 23.4. The van der Waals surface area contributed by atoms with Crippen molar-refractivity contribution in [2.24, 2.45) is 0 Å². The van der Waals surface area contributed by atoms with Crippen LogP contribution in [0.4, 0.5) is 5.69 Å². The Morgan fingerprint density at radius 1 is 1.03 bits per heavy atom. The molecule has 2 aromatic rings. The number of carbonyl (C=O) groups excluding carboxylic acids is 1. The molecule has 5 rings (SSSR count). The van der Waals surface area contributed by atoms with E-state index in [9.17, 15) is 4.79 Å². The van der Waals surface area contributed by atoms with Gasteiger partial charge in [-0.1, -0.05) is 12.1 Å². The zero-order valence-corrected chi connectivity index (χ0v) is 19.5. The average Bonchev–Trinajstić information content (AvgIpc) is 3.61. The first-order valence-corrected chi connectivity index (χ1v) is 12.0. The highest BCUT2D eigenvalue weighted by Gasteiger charge is 2.23. The van der Waals surface area contributed by atoms with Crippen LogP contribution in [0.2, 0.25) is 0 Å². The molecule has 2 N–H and O–H groups in total. The lowest BCUT2D eigenvalue weighted by Gasteiger charge is -2.27. The summed E-state index contributed by atoms with van der Waals surface area (Å²) in [5, 5.41) is 12.3. The van der Waals surface area contributed by atoms with Crippen molar-refractivity contribution >= 4 is 11.6 Å². The molecule has 0 aromatic heterocycles. The molecule has 1 aliphatic carbocycles. The Balaban J connectivity index is 0.000000214. The van der Waals surface area contributed by atoms with E-state index in [1.165, 1.54) is 18.4 Å². The number of methoxy groups -OCH3 is 1. The van der Waals surface area contributed by atoms with Crippen LogP contribution in [-0.4, -0.2) is 68.9 Å². The summed E-state index contributed by atoms with van der Waals surface area (Å²) in [6, 6.07) is 13.3. The van der Waals surface area contributed by atoms with Crippen molar-refractivity contribution in [3.05, 3.63) is 48.0 Å². The van der Waals surface area contributed by atoms with Crippen molar-refractivity contribution < 1.29 is 19.4 Å². The number of benzene rings is 2. The number of amides is 1. The second-order valence-electron chi connectivity index (χ2n) is 8.79. The van der Waals surface area contributed by atoms with Crippen molar-refractivity contribution in [3.8, 4) is 17.2 Å². The fourth-order valence-corrected chi connectivity index (χ4v) is 4.25. The van der Waals surface area contributed by atoms with Crippen LogP contribution in [0.15, 0.2) is 42.5 Å². The van der Waals surface area contributed by atoms with E-state index in [0.717, 1.165) is 63.0 Å². The Bertz CT molecular complexity index is 908. The molecule has 2 aromatic carbocycles. The second kappa shape index (κ2) is 11.4. The largest absolute Gasteiger partial charge is 0.508 e. The van der Waals surface area contributed by atoms with Crippen molar-refractivity contribution in [2.45, 2.75) is 31.6 Å². The summed E-state index contributed by atoms with van der Waals surface area (Å²) < 4.78 is 11.3. The predicted octanol–water partition coefficient (Wildman–Crippen LogP) is 3.38. The number of rotatable bonds is 7. The maximum atomic E-state index is 11.8. The Hall–Kier alpha value is -2.77. The van der Waals surface area contributed by atoms with Gasteiger partial charge in [-0.15, -0.1) is 0 Å². The average molecular weight is 454 g/mol. The fourth-order valence-electron chi connectivity index (χ4n) is 4.25. The van der Waals surface area contributed by atoms with Crippen molar-refractivity contribution in [2.75, 3.05) is 57.9 Å². The molecule has 3 aliphatic rings. The maximum Gasteiger partial charge on any atom is 0.227 e. The van der Waals surface area contributed by atoms with Gasteiger partial charge in [0.2, 0.25) is 5.91 Å². The fraction of sp³-hybridized carbons (Fsp3) is 0.500. The van der Waals surface area contributed by atoms with Gasteiger partial charge in [0, 0.05) is 57.4 Å². The first-order valence-electron chi connectivity index (χ1n) is 12.0. The number of phenols is 1. The van der Waals surface area contributed by atoms with Gasteiger partial charge < -0.3 is 24.8 Å². The molecule has 2 heterocycles. The van der Waals surface area contributed by atoms with Gasteiger partial charge in [-0.3, -0.25) is 9.69 Å². The smallest absolute Gasteiger partial charge is 0.227 e. The minimum Gasteiger partial charge on any atom is -0.508 e. The Kier molecular flexibility index (Phi) is 8.07. The van der Waals surface area contributed by atoms with Gasteiger partial charge >= 0.3 is 0 Å². The number of nitrogens with one attached hydrogen (secondary N) is 1. The topological polar surface area (TPSA) is 74.3 Å². The summed E-state index contributed by atoms with van der Waals surface area (Å²) in [5.74, 6) is 2.75. The first-order chi connectivity index (χ1) is 16.1. The molecule has 3 fully saturated rings. The Morgan fingerprint density at radius 2 is 1.79 bits per heavy atom. The third-order valence-electron chi connectivity index (χ3n) is 6.35. The number of carbonyl (C=O) groups is 1. The van der Waals surface area contributed by atoms with Crippen LogP contribution >= 0.6 is 0 Å². The molecule has 33 heavy (non-hydrogen) atoms. The zero-order chi connectivity index (χ0) is 23.0. The van der Waals surface area contributed by atoms with Crippen LogP contribution in [0.3, 0.4) is 0 Å². The molecule has 2 aliphatic heterocycles. The summed E-state index contributed by atoms with van der Waals surface area (Å²) >= 11 is 0. The normalized spacial score (nSPS) is 18.6. The molecule has 0 radical (unpaired) electrons. The van der Waals surface area contributed by atoms with Crippen LogP contribution in [0.25, 0.3) is 0 Å². The number of hydrogen-bond donors (Lipinski definition) is 2. The van der Waals surface area contributed by atoms with Gasteiger partial charge in [-0.05, 0) is 55.0 Å². The SMILES string of the molecule is COc1cc(N2CCCC2=O)ccc1OCCN1CCNCC1.Oc1ccc(C2CC2)cc1. The summed E-state index contributed by atoms with van der Waals surface area (Å²) in [7, 11) is 1.63. The van der Waals surface area contributed by atoms with Gasteiger partial charge in [-0.25, -0.2) is 0 Å². The minimum atomic E-state index is 0.180. The molecule has 7 nitrogen and oxygen atoms in total. The molecule has 0 bridgehead atoms. The van der Waals surface area contributed by atoms with Gasteiger partial charge in [0.15, 0.2) is 11.5 Å². The molecule has 7 heteroatoms. The maximum absolute atomic E-state index is 11.8. The summed E-state index contributed by atoms with van der Waals surface area (Å²) in [5.41, 5.74) is 2.26. The number of ether oxygens (including phenoxy) is 2. The Labute approximate surface area is 196 Å². The quantitative estimate of drug-likeness (QED) is 0.670. The molecule has 0 spiro atoms. The number of piperazine rings is 1. The van der Waals surface area contributed by atoms with Crippen molar-refractivity contribution in [1.29, 1.82) is 0 Å². The molecule has 0 unspecified atom stereocenters. The molecular weight excluding hydrogens is 418 g/mol. The molecule has 1 saturated carbocycles. The van der Waals surface area contributed by atoms with Gasteiger partial charge in [0.05, 0.1) is 7.11 Å². The van der Waals surface area contributed by atoms with E-state index >= 15 is 0 Å². The summed E-state index contributed by atoms with van der Waals surface area (Å²) in [6.07, 6.45) is 4.20. The zero-order valence-electron chi connectivity index (χ0n) is 19.5. The lowest BCUT2D eigenvalue weighted by Crippen LogP contribution is -2.44. The van der Waals surface area contributed by atoms with Crippen LogP contribution < -0.4 is 19.7 Å². The van der Waals surface area contributed by atoms with E-state index < -0.39 is 0 Å². The van der Waals surface area contributed by atoms with E-state index in [-0.39, 0.29) is 5.91 Å². The monoisotopic (exact) mass is 453 g/mol. The lowest BCUT2D eigenvalue weighted by atomic mass is 10.1. The highest BCUT2D eigenvalue weighted by atomic mass is 16.5. The standard InChI is InChI=1S/C17H25N3O3.C9H10O/c1-22-16-13-14(20-8-2-3-17(20)21)4-5-15(16)23-12-11-19-9-6-18-7-10-19;10-9-5-3-8(4-6-9)7-1-2-7/h4-5,13,18H,2-3,6-12H2,1H3;3-7,10H,1-2H2. The van der Waals surface area contributed by atoms with Gasteiger partial charge in [0.1, 0.15) is 12.4 Å². The van der Waals surface area contributed by atoms with E-state index in [1.807, 2.05) is 35.2 Å². The third-order valence-corrected chi connectivity index (χ3v) is 6.35. The van der Waals surface area contributed by atoms with Gasteiger partial charge in [-0.2, -0.15) is 0 Å². The third kappa shape index (κ3) is 6.62. The van der Waals surface area contributed by atoms with Crippen LogP contribution in [0.5, 0.6) is 17.2 Å². The van der Waals surface area contributed by atoms with Crippen LogP contribution in [-0.2, 0) is 4.79 Å². The van der Waals surface area contributed by atoms with Crippen molar-refractivity contribution in [1.82, 2.24) is 10.2 Å². The second-order valence-corrected chi connectivity index (χ2v) is 8.79. The molecule has 1 amide bonds. The predicted molar refractivity (Wildman–Crippen MR) is 129 cm³/mol. The van der Waals surface area contributed by atoms with E-state index in [4.69, 9.17) is 14.6 Å². The highest BCUT2D eigenvalue weighted by Crippen LogP contribution is 2.40. The van der Waals surface area contributed by atoms with E-state index in [1.54, 1.807) is 19.2 Å². The number of anilines is 1. The van der Waals surface area contributed by atoms with Gasteiger partial charge in [0.25, 0.3) is 0 Å². The molecule has 178 valence electrons. The molecule has 2 saturated heterocycles. The van der Waals surface area contributed by atoms with E-state index in [0.29, 0.717) is 24.5 Å². The van der Waals surface area contributed by atoms with E-state index in [2.05, 4.69) is 10.2 Å². The number of phenolic OH excluding ortho intramolecular Hbond substituents is 1.